The molecule has 0 radical (unpaired) electrons. The number of methoxy groups -OCH3 is 1. The zero-order valence-electron chi connectivity index (χ0n) is 14.9. The standard InChI is InChI=1S/C19H20BrN5O2/c1-27-13-7-5-12(6-8-13)22-18(26)17-14-3-2-4-15(20)16(14)23-19(24-17)25-10-9-21-11-25/h2-4,9-13H,5-8H2,1H3,(H,22,26)/t12-,13-. The van der Waals surface area contributed by atoms with Crippen LogP contribution in [0.1, 0.15) is 36.2 Å². The number of carbonyl (C=O) groups excluding carboxylic acids is 1. The number of nitrogens with one attached hydrogen (secondary N) is 1. The third kappa shape index (κ3) is 3.72. The number of benzene rings is 1. The lowest BCUT2D eigenvalue weighted by atomic mass is 9.93. The van der Waals surface area contributed by atoms with Crippen LogP contribution in [-0.2, 0) is 4.74 Å². The fourth-order valence-corrected chi connectivity index (χ4v) is 3.92. The first-order valence-electron chi connectivity index (χ1n) is 8.94. The number of ether oxygens (including phenoxy) is 1. The van der Waals surface area contributed by atoms with Crippen molar-refractivity contribution >= 4 is 32.7 Å². The Bertz CT molecular complexity index is 952. The van der Waals surface area contributed by atoms with Crippen LogP contribution >= 0.6 is 15.9 Å². The van der Waals surface area contributed by atoms with E-state index in [1.54, 1.807) is 30.4 Å². The van der Waals surface area contributed by atoms with Gasteiger partial charge in [0.05, 0.1) is 11.6 Å². The van der Waals surface area contributed by atoms with E-state index in [1.165, 1.54) is 0 Å². The molecule has 1 aliphatic rings. The van der Waals surface area contributed by atoms with E-state index in [9.17, 15) is 4.79 Å². The number of hydrogen-bond donors (Lipinski definition) is 1. The molecule has 27 heavy (non-hydrogen) atoms. The number of rotatable bonds is 4. The molecular weight excluding hydrogens is 410 g/mol. The van der Waals surface area contributed by atoms with Gasteiger partial charge in [-0.2, -0.15) is 0 Å². The van der Waals surface area contributed by atoms with Crippen molar-refractivity contribution in [3.8, 4) is 5.95 Å². The van der Waals surface area contributed by atoms with Crippen molar-refractivity contribution in [2.75, 3.05) is 7.11 Å². The highest BCUT2D eigenvalue weighted by Gasteiger charge is 2.24. The molecule has 0 spiro atoms. The monoisotopic (exact) mass is 429 g/mol. The number of aromatic nitrogens is 4. The molecule has 0 unspecified atom stereocenters. The van der Waals surface area contributed by atoms with E-state index >= 15 is 0 Å². The molecule has 1 fully saturated rings. The second kappa shape index (κ2) is 7.74. The molecule has 0 saturated heterocycles. The molecule has 0 atom stereocenters. The molecule has 140 valence electrons. The molecular formula is C19H20BrN5O2. The smallest absolute Gasteiger partial charge is 0.270 e. The Hall–Kier alpha value is -2.32. The second-order valence-corrected chi connectivity index (χ2v) is 7.52. The van der Waals surface area contributed by atoms with Crippen LogP contribution in [0.15, 0.2) is 41.4 Å². The van der Waals surface area contributed by atoms with Crippen molar-refractivity contribution in [1.29, 1.82) is 0 Å². The van der Waals surface area contributed by atoms with Crippen LogP contribution in [0.2, 0.25) is 0 Å². The molecule has 7 nitrogen and oxygen atoms in total. The topological polar surface area (TPSA) is 81.9 Å². The Morgan fingerprint density at radius 3 is 2.78 bits per heavy atom. The average Bonchev–Trinajstić information content (AvgIpc) is 3.23. The highest BCUT2D eigenvalue weighted by Crippen LogP contribution is 2.26. The van der Waals surface area contributed by atoms with Gasteiger partial charge in [-0.15, -0.1) is 0 Å². The number of halogens is 1. The van der Waals surface area contributed by atoms with Crippen molar-refractivity contribution in [3.63, 3.8) is 0 Å². The molecule has 4 rings (SSSR count). The summed E-state index contributed by atoms with van der Waals surface area (Å²) in [6, 6.07) is 5.79. The third-order valence-electron chi connectivity index (χ3n) is 4.96. The fraction of sp³-hybridized carbons (Fsp3) is 0.368. The lowest BCUT2D eigenvalue weighted by Gasteiger charge is -2.28. The molecule has 1 amide bonds. The van der Waals surface area contributed by atoms with E-state index in [0.29, 0.717) is 23.3 Å². The lowest BCUT2D eigenvalue weighted by molar-refractivity contribution is 0.0598. The largest absolute Gasteiger partial charge is 0.381 e. The fourth-order valence-electron chi connectivity index (χ4n) is 3.47. The Balaban J connectivity index is 1.67. The normalized spacial score (nSPS) is 19.9. The van der Waals surface area contributed by atoms with Crippen LogP contribution in [0.5, 0.6) is 0 Å². The van der Waals surface area contributed by atoms with Crippen molar-refractivity contribution < 1.29 is 9.53 Å². The lowest BCUT2D eigenvalue weighted by Crippen LogP contribution is -2.39. The second-order valence-electron chi connectivity index (χ2n) is 6.66. The summed E-state index contributed by atoms with van der Waals surface area (Å²) < 4.78 is 7.92. The van der Waals surface area contributed by atoms with Gasteiger partial charge in [0.1, 0.15) is 12.0 Å². The van der Waals surface area contributed by atoms with Crippen LogP contribution in [-0.4, -0.2) is 44.7 Å². The van der Waals surface area contributed by atoms with E-state index in [0.717, 1.165) is 35.5 Å². The summed E-state index contributed by atoms with van der Waals surface area (Å²) in [5.74, 6) is 0.239. The molecule has 1 N–H and O–H groups in total. The van der Waals surface area contributed by atoms with Gasteiger partial charge in [-0.1, -0.05) is 12.1 Å². The first kappa shape index (κ1) is 18.1. The molecule has 2 heterocycles. The summed E-state index contributed by atoms with van der Waals surface area (Å²) in [4.78, 5) is 26.2. The van der Waals surface area contributed by atoms with Gasteiger partial charge in [-0.25, -0.2) is 15.0 Å². The average molecular weight is 430 g/mol. The van der Waals surface area contributed by atoms with Gasteiger partial charge < -0.3 is 10.1 Å². The Morgan fingerprint density at radius 1 is 1.26 bits per heavy atom. The number of para-hydroxylation sites is 1. The van der Waals surface area contributed by atoms with E-state index < -0.39 is 0 Å². The van der Waals surface area contributed by atoms with Gasteiger partial charge >= 0.3 is 0 Å². The molecule has 0 bridgehead atoms. The van der Waals surface area contributed by atoms with Crippen molar-refractivity contribution in [2.24, 2.45) is 0 Å². The number of carbonyl (C=O) groups is 1. The summed E-state index contributed by atoms with van der Waals surface area (Å²) >= 11 is 3.53. The maximum absolute atomic E-state index is 13.0. The molecule has 2 aromatic heterocycles. The first-order chi connectivity index (χ1) is 13.2. The predicted octanol–water partition coefficient (Wildman–Crippen LogP) is 3.27. The minimum atomic E-state index is -0.178. The molecule has 3 aromatic rings. The highest BCUT2D eigenvalue weighted by molar-refractivity contribution is 9.10. The zero-order chi connectivity index (χ0) is 18.8. The van der Waals surface area contributed by atoms with E-state index in [2.05, 4.69) is 36.2 Å². The predicted molar refractivity (Wildman–Crippen MR) is 105 cm³/mol. The highest BCUT2D eigenvalue weighted by atomic mass is 79.9. The number of fused-ring (bicyclic) bond motifs is 1. The van der Waals surface area contributed by atoms with E-state index in [4.69, 9.17) is 4.74 Å². The summed E-state index contributed by atoms with van der Waals surface area (Å²) in [6.45, 7) is 0. The number of imidazole rings is 1. The van der Waals surface area contributed by atoms with Gasteiger partial charge in [0, 0.05) is 35.4 Å². The van der Waals surface area contributed by atoms with Gasteiger partial charge in [-0.3, -0.25) is 9.36 Å². The number of amides is 1. The van der Waals surface area contributed by atoms with Crippen molar-refractivity contribution in [3.05, 3.63) is 47.1 Å². The summed E-state index contributed by atoms with van der Waals surface area (Å²) in [5.41, 5.74) is 1.07. The molecule has 0 aliphatic heterocycles. The van der Waals surface area contributed by atoms with Crippen molar-refractivity contribution in [1.82, 2.24) is 24.8 Å². The van der Waals surface area contributed by atoms with Crippen LogP contribution < -0.4 is 5.32 Å². The molecule has 1 saturated carbocycles. The SMILES string of the molecule is CO[C@H]1CC[C@H](NC(=O)c2nc(-n3ccnc3)nc3c(Br)cccc23)CC1. The first-order valence-corrected chi connectivity index (χ1v) is 9.73. The van der Waals surface area contributed by atoms with Gasteiger partial charge in [0.25, 0.3) is 5.91 Å². The van der Waals surface area contributed by atoms with Crippen LogP contribution in [0.3, 0.4) is 0 Å². The Labute approximate surface area is 165 Å². The van der Waals surface area contributed by atoms with E-state index in [-0.39, 0.29) is 11.9 Å². The van der Waals surface area contributed by atoms with Crippen molar-refractivity contribution in [2.45, 2.75) is 37.8 Å². The van der Waals surface area contributed by atoms with Crippen LogP contribution in [0.4, 0.5) is 0 Å². The zero-order valence-corrected chi connectivity index (χ0v) is 16.5. The number of hydrogen-bond acceptors (Lipinski definition) is 5. The summed E-state index contributed by atoms with van der Waals surface area (Å²) in [5, 5.41) is 3.86. The molecule has 1 aromatic carbocycles. The van der Waals surface area contributed by atoms with Crippen LogP contribution in [0.25, 0.3) is 16.9 Å². The van der Waals surface area contributed by atoms with Gasteiger partial charge in [-0.05, 0) is 47.7 Å². The summed E-state index contributed by atoms with van der Waals surface area (Å²) in [6.07, 6.45) is 9.05. The Kier molecular flexibility index (Phi) is 5.18. The van der Waals surface area contributed by atoms with E-state index in [1.807, 2.05) is 18.2 Å². The molecule has 1 aliphatic carbocycles. The summed E-state index contributed by atoms with van der Waals surface area (Å²) in [7, 11) is 1.74. The number of nitrogens with zero attached hydrogens (tertiary/aromatic N) is 4. The third-order valence-corrected chi connectivity index (χ3v) is 5.60. The maximum atomic E-state index is 13.0. The quantitative estimate of drug-likeness (QED) is 0.687. The minimum Gasteiger partial charge on any atom is -0.381 e. The van der Waals surface area contributed by atoms with Crippen LogP contribution in [0, 0.1) is 0 Å². The minimum absolute atomic E-state index is 0.137. The van der Waals surface area contributed by atoms with Gasteiger partial charge in [0.15, 0.2) is 0 Å². The Morgan fingerprint density at radius 2 is 2.07 bits per heavy atom. The van der Waals surface area contributed by atoms with Gasteiger partial charge in [0.2, 0.25) is 5.95 Å². The molecule has 8 heteroatoms. The maximum Gasteiger partial charge on any atom is 0.270 e.